The number of nitrogens with two attached hydrogens (primary N) is 1. The molecule has 1 saturated heterocycles. The van der Waals surface area contributed by atoms with Crippen LogP contribution >= 0.6 is 0 Å². The van der Waals surface area contributed by atoms with Gasteiger partial charge in [0, 0.05) is 39.0 Å². The van der Waals surface area contributed by atoms with E-state index >= 15 is 0 Å². The molecular formula is C17H24N4O4. The van der Waals surface area contributed by atoms with Gasteiger partial charge in [0.2, 0.25) is 11.8 Å². The molecule has 136 valence electrons. The van der Waals surface area contributed by atoms with E-state index in [1.54, 1.807) is 29.2 Å². The number of hydrogen-bond donors (Lipinski definition) is 3. The number of para-hydroxylation sites is 1. The first-order valence-electron chi connectivity index (χ1n) is 8.34. The summed E-state index contributed by atoms with van der Waals surface area (Å²) in [6.07, 6.45) is 0.197. The van der Waals surface area contributed by atoms with Gasteiger partial charge < -0.3 is 26.0 Å². The summed E-state index contributed by atoms with van der Waals surface area (Å²) in [7, 11) is 0. The van der Waals surface area contributed by atoms with E-state index in [1.807, 2.05) is 0 Å². The topological polar surface area (TPSA) is 114 Å². The lowest BCUT2D eigenvalue weighted by Gasteiger charge is -2.26. The normalized spacial score (nSPS) is 14.0. The van der Waals surface area contributed by atoms with E-state index < -0.39 is 0 Å². The van der Waals surface area contributed by atoms with E-state index in [9.17, 15) is 14.4 Å². The number of amides is 3. The Morgan fingerprint density at radius 1 is 1.12 bits per heavy atom. The number of carbonyl (C=O) groups is 3. The zero-order chi connectivity index (χ0) is 18.1. The van der Waals surface area contributed by atoms with Gasteiger partial charge in [-0.15, -0.1) is 0 Å². The van der Waals surface area contributed by atoms with Gasteiger partial charge in [-0.1, -0.05) is 12.1 Å². The van der Waals surface area contributed by atoms with E-state index in [-0.39, 0.29) is 30.6 Å². The van der Waals surface area contributed by atoms with Crippen LogP contribution in [0.2, 0.25) is 0 Å². The number of morpholine rings is 1. The quantitative estimate of drug-likeness (QED) is 0.639. The molecule has 0 radical (unpaired) electrons. The van der Waals surface area contributed by atoms with Gasteiger partial charge in [0.1, 0.15) is 0 Å². The van der Waals surface area contributed by atoms with Crippen molar-refractivity contribution in [3.63, 3.8) is 0 Å². The Hall–Kier alpha value is -2.45. The highest BCUT2D eigenvalue weighted by Gasteiger charge is 2.18. The van der Waals surface area contributed by atoms with Crippen molar-refractivity contribution in [2.45, 2.75) is 12.8 Å². The average molecular weight is 348 g/mol. The van der Waals surface area contributed by atoms with Crippen LogP contribution in [-0.2, 0) is 14.3 Å². The van der Waals surface area contributed by atoms with Crippen LogP contribution in [0, 0.1) is 0 Å². The molecule has 1 aliphatic heterocycles. The second kappa shape index (κ2) is 9.75. The van der Waals surface area contributed by atoms with Crippen molar-refractivity contribution in [2.75, 3.05) is 44.7 Å². The molecule has 0 atom stereocenters. The summed E-state index contributed by atoms with van der Waals surface area (Å²) in [5.41, 5.74) is 6.16. The lowest BCUT2D eigenvalue weighted by atomic mass is 10.1. The minimum atomic E-state index is -0.305. The fraction of sp³-hybridized carbons (Fsp3) is 0.471. The molecule has 25 heavy (non-hydrogen) atoms. The molecular weight excluding hydrogens is 324 g/mol. The molecule has 0 aliphatic carbocycles. The third-order valence-corrected chi connectivity index (χ3v) is 3.81. The molecule has 0 aromatic heterocycles. The van der Waals surface area contributed by atoms with Gasteiger partial charge in [-0.25, -0.2) is 0 Å². The Morgan fingerprint density at radius 3 is 2.56 bits per heavy atom. The van der Waals surface area contributed by atoms with Crippen LogP contribution in [0.3, 0.4) is 0 Å². The number of anilines is 1. The summed E-state index contributed by atoms with van der Waals surface area (Å²) in [6.45, 7) is 2.88. The van der Waals surface area contributed by atoms with Gasteiger partial charge in [-0.2, -0.15) is 0 Å². The molecule has 0 unspecified atom stereocenters. The van der Waals surface area contributed by atoms with Crippen LogP contribution < -0.4 is 16.4 Å². The zero-order valence-corrected chi connectivity index (χ0v) is 14.1. The molecule has 1 aromatic carbocycles. The first-order valence-corrected chi connectivity index (χ1v) is 8.34. The molecule has 0 saturated carbocycles. The standard InChI is InChI=1S/C17H24N4O4/c18-7-8-19-17(24)13-3-1-2-4-14(13)20-15(22)5-6-16(23)21-9-11-25-12-10-21/h1-4H,5-12,18H2,(H,19,24)(H,20,22). The highest BCUT2D eigenvalue weighted by molar-refractivity contribution is 6.04. The lowest BCUT2D eigenvalue weighted by molar-refractivity contribution is -0.136. The minimum Gasteiger partial charge on any atom is -0.378 e. The number of nitrogens with zero attached hydrogens (tertiary/aromatic N) is 1. The molecule has 4 N–H and O–H groups in total. The Morgan fingerprint density at radius 2 is 1.84 bits per heavy atom. The smallest absolute Gasteiger partial charge is 0.253 e. The van der Waals surface area contributed by atoms with Crippen molar-refractivity contribution >= 4 is 23.4 Å². The molecule has 1 fully saturated rings. The van der Waals surface area contributed by atoms with E-state index in [1.165, 1.54) is 0 Å². The van der Waals surface area contributed by atoms with Crippen LogP contribution in [0.15, 0.2) is 24.3 Å². The fourth-order valence-electron chi connectivity index (χ4n) is 2.48. The summed E-state index contributed by atoms with van der Waals surface area (Å²) >= 11 is 0. The highest BCUT2D eigenvalue weighted by Crippen LogP contribution is 2.15. The van der Waals surface area contributed by atoms with Crippen LogP contribution in [0.5, 0.6) is 0 Å². The van der Waals surface area contributed by atoms with E-state index in [0.717, 1.165) is 0 Å². The summed E-state index contributed by atoms with van der Waals surface area (Å²) < 4.78 is 5.20. The van der Waals surface area contributed by atoms with Gasteiger partial charge in [0.05, 0.1) is 24.5 Å². The molecule has 0 bridgehead atoms. The Balaban J connectivity index is 1.87. The number of nitrogens with one attached hydrogen (secondary N) is 2. The maximum atomic E-state index is 12.1. The largest absolute Gasteiger partial charge is 0.378 e. The van der Waals surface area contributed by atoms with Gasteiger partial charge in [0.25, 0.3) is 5.91 Å². The zero-order valence-electron chi connectivity index (χ0n) is 14.1. The number of ether oxygens (including phenoxy) is 1. The second-order valence-corrected chi connectivity index (χ2v) is 5.63. The van der Waals surface area contributed by atoms with Crippen molar-refractivity contribution in [3.05, 3.63) is 29.8 Å². The highest BCUT2D eigenvalue weighted by atomic mass is 16.5. The number of hydrogen-bond acceptors (Lipinski definition) is 5. The third kappa shape index (κ3) is 5.84. The second-order valence-electron chi connectivity index (χ2n) is 5.63. The Labute approximate surface area is 146 Å². The maximum absolute atomic E-state index is 12.1. The predicted molar refractivity (Wildman–Crippen MR) is 93.1 cm³/mol. The first kappa shape index (κ1) is 18.9. The van der Waals surface area contributed by atoms with Crippen molar-refractivity contribution in [1.82, 2.24) is 10.2 Å². The number of benzene rings is 1. The van der Waals surface area contributed by atoms with Crippen LogP contribution in [0.25, 0.3) is 0 Å². The van der Waals surface area contributed by atoms with Gasteiger partial charge in [0.15, 0.2) is 0 Å². The Kier molecular flexibility index (Phi) is 7.36. The maximum Gasteiger partial charge on any atom is 0.253 e. The minimum absolute atomic E-state index is 0.0626. The third-order valence-electron chi connectivity index (χ3n) is 3.81. The van der Waals surface area contributed by atoms with E-state index in [4.69, 9.17) is 10.5 Å². The SMILES string of the molecule is NCCNC(=O)c1ccccc1NC(=O)CCC(=O)N1CCOCC1. The summed E-state index contributed by atoms with van der Waals surface area (Å²) in [6, 6.07) is 6.72. The van der Waals surface area contributed by atoms with Gasteiger partial charge >= 0.3 is 0 Å². The predicted octanol–water partition coefficient (Wildman–Crippen LogP) is -0.0474. The van der Waals surface area contributed by atoms with Gasteiger partial charge in [-0.05, 0) is 12.1 Å². The number of rotatable bonds is 7. The molecule has 3 amide bonds. The Bertz CT molecular complexity index is 614. The van der Waals surface area contributed by atoms with Gasteiger partial charge in [-0.3, -0.25) is 14.4 Å². The lowest BCUT2D eigenvalue weighted by Crippen LogP contribution is -2.40. The molecule has 1 heterocycles. The molecule has 8 nitrogen and oxygen atoms in total. The summed E-state index contributed by atoms with van der Waals surface area (Å²) in [5.74, 6) is -0.668. The summed E-state index contributed by atoms with van der Waals surface area (Å²) in [5, 5.41) is 5.37. The van der Waals surface area contributed by atoms with E-state index in [0.29, 0.717) is 50.6 Å². The first-order chi connectivity index (χ1) is 12.1. The molecule has 8 heteroatoms. The fourth-order valence-corrected chi connectivity index (χ4v) is 2.48. The van der Waals surface area contributed by atoms with Crippen LogP contribution in [-0.4, -0.2) is 62.0 Å². The van der Waals surface area contributed by atoms with Crippen molar-refractivity contribution in [1.29, 1.82) is 0 Å². The van der Waals surface area contributed by atoms with Crippen LogP contribution in [0.1, 0.15) is 23.2 Å². The van der Waals surface area contributed by atoms with Crippen molar-refractivity contribution in [3.8, 4) is 0 Å². The summed E-state index contributed by atoms with van der Waals surface area (Å²) in [4.78, 5) is 38.0. The number of carbonyl (C=O) groups excluding carboxylic acids is 3. The van der Waals surface area contributed by atoms with Crippen LogP contribution in [0.4, 0.5) is 5.69 Å². The molecule has 1 aromatic rings. The monoisotopic (exact) mass is 348 g/mol. The van der Waals surface area contributed by atoms with Crippen molar-refractivity contribution in [2.24, 2.45) is 5.73 Å². The van der Waals surface area contributed by atoms with Crippen molar-refractivity contribution < 1.29 is 19.1 Å². The van der Waals surface area contributed by atoms with E-state index in [2.05, 4.69) is 10.6 Å². The average Bonchev–Trinajstić information content (AvgIpc) is 2.65. The molecule has 0 spiro atoms. The molecule has 2 rings (SSSR count). The molecule has 1 aliphatic rings.